The van der Waals surface area contributed by atoms with Crippen molar-refractivity contribution in [1.82, 2.24) is 4.98 Å². The van der Waals surface area contributed by atoms with E-state index >= 15 is 0 Å². The Labute approximate surface area is 162 Å². The zero-order valence-electron chi connectivity index (χ0n) is 15.8. The van der Waals surface area contributed by atoms with Crippen LogP contribution in [0.15, 0.2) is 60.7 Å². The number of aromatic nitrogens is 1. The quantitative estimate of drug-likeness (QED) is 0.546. The summed E-state index contributed by atoms with van der Waals surface area (Å²) in [4.78, 5) is 4.47. The largest absolute Gasteiger partial charge is 0.396 e. The zero-order chi connectivity index (χ0) is 20.1. The van der Waals surface area contributed by atoms with E-state index in [1.807, 2.05) is 25.1 Å². The molecule has 28 heavy (non-hydrogen) atoms. The predicted molar refractivity (Wildman–Crippen MR) is 105 cm³/mol. The number of nitrogens with one attached hydrogen (secondary N) is 1. The van der Waals surface area contributed by atoms with Crippen LogP contribution in [0.1, 0.15) is 24.2 Å². The van der Waals surface area contributed by atoms with E-state index in [1.54, 1.807) is 49.4 Å². The maximum Gasteiger partial charge on any atom is 0.396 e. The summed E-state index contributed by atoms with van der Waals surface area (Å²) < 4.78 is 46.9. The van der Waals surface area contributed by atoms with Gasteiger partial charge < -0.3 is 10.1 Å². The number of hydrogen-bond acceptors (Lipinski definition) is 3. The van der Waals surface area contributed by atoms with Gasteiger partial charge >= 0.3 is 6.18 Å². The monoisotopic (exact) mass is 388 g/mol. The topological polar surface area (TPSA) is 34.1 Å². The van der Waals surface area contributed by atoms with Gasteiger partial charge in [0.1, 0.15) is 5.92 Å². The number of fused-ring (bicyclic) bond motifs is 1. The molecule has 1 heterocycles. The van der Waals surface area contributed by atoms with Crippen LogP contribution in [0.5, 0.6) is 0 Å². The van der Waals surface area contributed by atoms with Gasteiger partial charge in [0.05, 0.1) is 18.2 Å². The second-order valence-electron chi connectivity index (χ2n) is 6.67. The first-order valence-electron chi connectivity index (χ1n) is 9.22. The molecule has 0 amide bonds. The Morgan fingerprint density at radius 2 is 1.75 bits per heavy atom. The molecule has 1 aromatic heterocycles. The highest BCUT2D eigenvalue weighted by molar-refractivity contribution is 5.91. The molecule has 6 heteroatoms. The van der Waals surface area contributed by atoms with E-state index in [0.29, 0.717) is 11.3 Å². The molecular weight excluding hydrogens is 365 g/mol. The van der Waals surface area contributed by atoms with E-state index in [2.05, 4.69) is 10.3 Å². The van der Waals surface area contributed by atoms with Crippen LogP contribution < -0.4 is 5.32 Å². The minimum Gasteiger partial charge on any atom is -0.381 e. The molecule has 3 nitrogen and oxygen atoms in total. The molecule has 2 aromatic carbocycles. The third-order valence-electron chi connectivity index (χ3n) is 4.67. The molecule has 1 N–H and O–H groups in total. The molecule has 3 aromatic rings. The first kappa shape index (κ1) is 20.1. The highest BCUT2D eigenvalue weighted by Gasteiger charge is 2.45. The van der Waals surface area contributed by atoms with Crippen molar-refractivity contribution >= 4 is 16.6 Å². The van der Waals surface area contributed by atoms with Crippen molar-refractivity contribution in [3.63, 3.8) is 0 Å². The van der Waals surface area contributed by atoms with Crippen LogP contribution in [0, 0.1) is 12.8 Å². The predicted octanol–water partition coefficient (Wildman–Crippen LogP) is 5.91. The summed E-state index contributed by atoms with van der Waals surface area (Å²) in [6.07, 6.45) is -4.41. The van der Waals surface area contributed by atoms with Gasteiger partial charge in [-0.25, -0.2) is 0 Å². The molecular formula is C22H23F3N2O. The number of aryl methyl sites for hydroxylation is 1. The van der Waals surface area contributed by atoms with Crippen LogP contribution in [0.2, 0.25) is 0 Å². The van der Waals surface area contributed by atoms with Crippen LogP contribution in [-0.4, -0.2) is 24.4 Å². The van der Waals surface area contributed by atoms with Crippen LogP contribution >= 0.6 is 0 Å². The Bertz CT molecular complexity index is 913. The van der Waals surface area contributed by atoms with Crippen molar-refractivity contribution in [2.45, 2.75) is 26.1 Å². The normalized spacial score (nSPS) is 14.0. The van der Waals surface area contributed by atoms with Crippen molar-refractivity contribution < 1.29 is 17.9 Å². The number of rotatable bonds is 7. The molecule has 3 rings (SSSR count). The molecule has 0 saturated heterocycles. The van der Waals surface area contributed by atoms with Gasteiger partial charge in [-0.3, -0.25) is 4.98 Å². The van der Waals surface area contributed by atoms with Crippen molar-refractivity contribution in [2.24, 2.45) is 5.92 Å². The highest BCUT2D eigenvalue weighted by atomic mass is 19.4. The van der Waals surface area contributed by atoms with Crippen molar-refractivity contribution in [1.29, 1.82) is 0 Å². The Morgan fingerprint density at radius 3 is 2.43 bits per heavy atom. The number of halogens is 3. The van der Waals surface area contributed by atoms with E-state index in [4.69, 9.17) is 4.74 Å². The van der Waals surface area contributed by atoms with Gasteiger partial charge in [0.2, 0.25) is 0 Å². The summed E-state index contributed by atoms with van der Waals surface area (Å²) in [5, 5.41) is 3.92. The van der Waals surface area contributed by atoms with Gasteiger partial charge in [0.15, 0.2) is 0 Å². The lowest BCUT2D eigenvalue weighted by molar-refractivity contribution is -0.192. The molecule has 2 atom stereocenters. The van der Waals surface area contributed by atoms with E-state index in [-0.39, 0.29) is 6.61 Å². The molecule has 0 radical (unpaired) electrons. The van der Waals surface area contributed by atoms with Crippen molar-refractivity contribution in [3.8, 4) is 0 Å². The fourth-order valence-corrected chi connectivity index (χ4v) is 3.25. The van der Waals surface area contributed by atoms with Gasteiger partial charge in [-0.15, -0.1) is 0 Å². The number of alkyl halides is 3. The third-order valence-corrected chi connectivity index (χ3v) is 4.67. The molecule has 148 valence electrons. The number of anilines is 1. The van der Waals surface area contributed by atoms with Gasteiger partial charge in [0, 0.05) is 23.4 Å². The lowest BCUT2D eigenvalue weighted by Gasteiger charge is -2.31. The smallest absolute Gasteiger partial charge is 0.381 e. The molecule has 0 aliphatic heterocycles. The first-order valence-corrected chi connectivity index (χ1v) is 9.22. The zero-order valence-corrected chi connectivity index (χ0v) is 15.8. The Morgan fingerprint density at radius 1 is 1.00 bits per heavy atom. The summed E-state index contributed by atoms with van der Waals surface area (Å²) >= 11 is 0. The number of nitrogens with zero attached hydrogens (tertiary/aromatic N) is 1. The number of benzene rings is 2. The number of hydrogen-bond donors (Lipinski definition) is 1. The van der Waals surface area contributed by atoms with Crippen LogP contribution in [-0.2, 0) is 4.74 Å². The van der Waals surface area contributed by atoms with Crippen molar-refractivity contribution in [2.75, 3.05) is 18.5 Å². The third kappa shape index (κ3) is 4.62. The molecule has 0 aliphatic carbocycles. The van der Waals surface area contributed by atoms with E-state index in [1.165, 1.54) is 0 Å². The molecule has 0 saturated carbocycles. The number of ether oxygens (including phenoxy) is 1. The second-order valence-corrected chi connectivity index (χ2v) is 6.67. The first-order chi connectivity index (χ1) is 13.4. The fourth-order valence-electron chi connectivity index (χ4n) is 3.25. The van der Waals surface area contributed by atoms with Gasteiger partial charge in [-0.1, -0.05) is 36.4 Å². The highest BCUT2D eigenvalue weighted by Crippen LogP contribution is 2.39. The van der Waals surface area contributed by atoms with E-state index < -0.39 is 24.7 Å². The maximum absolute atomic E-state index is 13.9. The summed E-state index contributed by atoms with van der Waals surface area (Å²) in [7, 11) is 0. The minimum absolute atomic E-state index is 0.228. The minimum atomic E-state index is -4.41. The lowest BCUT2D eigenvalue weighted by Crippen LogP contribution is -2.36. The standard InChI is InChI=1S/C22H23F3N2O/c1-3-28-14-18(22(23,24)25)21(16-8-5-4-6-9-16)27-20-11-7-10-19-17(20)13-12-15(2)26-19/h4-13,18,21,27H,3,14H2,1-2H3. The average Bonchev–Trinajstić information content (AvgIpc) is 2.67. The van der Waals surface area contributed by atoms with Crippen LogP contribution in [0.3, 0.4) is 0 Å². The molecule has 0 aliphatic rings. The summed E-state index contributed by atoms with van der Waals surface area (Å²) in [6.45, 7) is 3.39. The average molecular weight is 388 g/mol. The number of pyridine rings is 1. The van der Waals surface area contributed by atoms with Crippen LogP contribution in [0.4, 0.5) is 18.9 Å². The fraction of sp³-hybridized carbons (Fsp3) is 0.318. The Hall–Kier alpha value is -2.60. The summed E-state index contributed by atoms with van der Waals surface area (Å²) in [5.74, 6) is -1.69. The Balaban J connectivity index is 2.05. The van der Waals surface area contributed by atoms with Crippen molar-refractivity contribution in [3.05, 3.63) is 71.9 Å². The second kappa shape index (κ2) is 8.61. The van der Waals surface area contributed by atoms with Gasteiger partial charge in [-0.2, -0.15) is 13.2 Å². The van der Waals surface area contributed by atoms with Gasteiger partial charge in [0.25, 0.3) is 0 Å². The summed E-state index contributed by atoms with van der Waals surface area (Å²) in [5.41, 5.74) is 2.77. The van der Waals surface area contributed by atoms with E-state index in [0.717, 1.165) is 16.6 Å². The molecule has 0 bridgehead atoms. The van der Waals surface area contributed by atoms with E-state index in [9.17, 15) is 13.2 Å². The van der Waals surface area contributed by atoms with Crippen LogP contribution in [0.25, 0.3) is 10.9 Å². The maximum atomic E-state index is 13.9. The lowest BCUT2D eigenvalue weighted by atomic mass is 9.92. The van der Waals surface area contributed by atoms with Gasteiger partial charge in [-0.05, 0) is 43.7 Å². The Kier molecular flexibility index (Phi) is 6.19. The SMILES string of the molecule is CCOCC(C(Nc1cccc2nc(C)ccc12)c1ccccc1)C(F)(F)F. The summed E-state index contributed by atoms with van der Waals surface area (Å²) in [6, 6.07) is 16.9. The molecule has 0 spiro atoms. The molecule has 2 unspecified atom stereocenters. The molecule has 0 fully saturated rings.